The number of aryl methyl sites for hydroxylation is 2. The van der Waals surface area contributed by atoms with Crippen LogP contribution in [0.25, 0.3) is 0 Å². The van der Waals surface area contributed by atoms with Gasteiger partial charge in [0.25, 0.3) is 5.91 Å². The van der Waals surface area contributed by atoms with Crippen molar-refractivity contribution < 1.29 is 9.53 Å². The number of anilines is 1. The lowest BCUT2D eigenvalue weighted by atomic mass is 10.1. The van der Waals surface area contributed by atoms with Gasteiger partial charge in [-0.15, -0.1) is 0 Å². The lowest BCUT2D eigenvalue weighted by molar-refractivity contribution is 0.0744. The number of carbonyl (C=O) groups is 1. The minimum atomic E-state index is 0.0188. The Morgan fingerprint density at radius 3 is 2.29 bits per heavy atom. The number of ether oxygens (including phenoxy) is 1. The molecule has 1 fully saturated rings. The highest BCUT2D eigenvalue weighted by Gasteiger charge is 2.26. The fourth-order valence-corrected chi connectivity index (χ4v) is 3.10. The van der Waals surface area contributed by atoms with Crippen LogP contribution in [0.4, 0.5) is 5.69 Å². The first-order valence-electron chi connectivity index (χ1n) is 8.07. The maximum atomic E-state index is 12.8. The largest absolute Gasteiger partial charge is 0.495 e. The third-order valence-corrected chi connectivity index (χ3v) is 4.43. The predicted molar refractivity (Wildman–Crippen MR) is 92.6 cm³/mol. The Kier molecular flexibility index (Phi) is 4.64. The molecule has 1 aromatic heterocycles. The van der Waals surface area contributed by atoms with Gasteiger partial charge in [0.1, 0.15) is 12.1 Å². The van der Waals surface area contributed by atoms with Gasteiger partial charge in [0.2, 0.25) is 0 Å². The van der Waals surface area contributed by atoms with Crippen molar-refractivity contribution in [2.75, 3.05) is 38.2 Å². The second-order valence-corrected chi connectivity index (χ2v) is 5.87. The summed E-state index contributed by atoms with van der Waals surface area (Å²) in [7, 11) is 1.68. The molecule has 0 aliphatic carbocycles. The van der Waals surface area contributed by atoms with Crippen LogP contribution < -0.4 is 9.64 Å². The van der Waals surface area contributed by atoms with Crippen molar-refractivity contribution in [2.45, 2.75) is 13.8 Å². The van der Waals surface area contributed by atoms with Crippen LogP contribution in [0.2, 0.25) is 0 Å². The monoisotopic (exact) mass is 326 g/mol. The Hall–Kier alpha value is -2.63. The molecule has 126 valence electrons. The van der Waals surface area contributed by atoms with Crippen LogP contribution in [0.15, 0.2) is 30.6 Å². The van der Waals surface area contributed by atoms with E-state index in [-0.39, 0.29) is 5.91 Å². The minimum Gasteiger partial charge on any atom is -0.495 e. The molecule has 1 aliphatic heterocycles. The molecular weight excluding hydrogens is 304 g/mol. The van der Waals surface area contributed by atoms with Gasteiger partial charge in [-0.2, -0.15) is 0 Å². The average molecular weight is 326 g/mol. The fourth-order valence-electron chi connectivity index (χ4n) is 3.10. The molecule has 6 nitrogen and oxygen atoms in total. The summed E-state index contributed by atoms with van der Waals surface area (Å²) < 4.78 is 5.43. The van der Waals surface area contributed by atoms with Gasteiger partial charge in [-0.3, -0.25) is 4.79 Å². The van der Waals surface area contributed by atoms with Crippen LogP contribution in [0.3, 0.4) is 0 Å². The molecule has 1 aliphatic rings. The zero-order valence-corrected chi connectivity index (χ0v) is 14.3. The molecule has 0 saturated carbocycles. The molecular formula is C18H22N4O2. The topological polar surface area (TPSA) is 58.6 Å². The molecule has 2 heterocycles. The molecule has 6 heteroatoms. The van der Waals surface area contributed by atoms with Crippen LogP contribution in [-0.2, 0) is 0 Å². The molecule has 0 radical (unpaired) electrons. The lowest BCUT2D eigenvalue weighted by Gasteiger charge is -2.36. The van der Waals surface area contributed by atoms with Gasteiger partial charge in [0, 0.05) is 26.2 Å². The number of para-hydroxylation sites is 2. The lowest BCUT2D eigenvalue weighted by Crippen LogP contribution is -2.49. The van der Waals surface area contributed by atoms with Crippen molar-refractivity contribution in [1.29, 1.82) is 0 Å². The van der Waals surface area contributed by atoms with E-state index in [0.29, 0.717) is 18.7 Å². The Bertz CT molecular complexity index is 719. The van der Waals surface area contributed by atoms with Crippen molar-refractivity contribution >= 4 is 11.6 Å². The van der Waals surface area contributed by atoms with Crippen molar-refractivity contribution in [2.24, 2.45) is 0 Å². The summed E-state index contributed by atoms with van der Waals surface area (Å²) in [6, 6.07) is 7.98. The van der Waals surface area contributed by atoms with E-state index in [2.05, 4.69) is 20.9 Å². The highest BCUT2D eigenvalue weighted by atomic mass is 16.5. The van der Waals surface area contributed by atoms with E-state index in [9.17, 15) is 4.79 Å². The molecule has 0 atom stereocenters. The number of piperazine rings is 1. The molecule has 1 amide bonds. The summed E-state index contributed by atoms with van der Waals surface area (Å²) in [6.07, 6.45) is 1.50. The number of aromatic nitrogens is 2. The summed E-state index contributed by atoms with van der Waals surface area (Å²) >= 11 is 0. The molecule has 0 bridgehead atoms. The van der Waals surface area contributed by atoms with E-state index >= 15 is 0 Å². The second kappa shape index (κ2) is 6.86. The average Bonchev–Trinajstić information content (AvgIpc) is 2.61. The van der Waals surface area contributed by atoms with E-state index in [1.165, 1.54) is 6.33 Å². The Morgan fingerprint density at radius 1 is 1.04 bits per heavy atom. The normalized spacial score (nSPS) is 14.6. The smallest absolute Gasteiger partial charge is 0.257 e. The summed E-state index contributed by atoms with van der Waals surface area (Å²) in [6.45, 7) is 6.60. The van der Waals surface area contributed by atoms with E-state index in [1.54, 1.807) is 7.11 Å². The molecule has 1 saturated heterocycles. The third-order valence-electron chi connectivity index (χ3n) is 4.43. The van der Waals surface area contributed by atoms with E-state index in [1.807, 2.05) is 36.9 Å². The molecule has 3 rings (SSSR count). The number of nitrogens with zero attached hydrogens (tertiary/aromatic N) is 4. The Morgan fingerprint density at radius 2 is 1.67 bits per heavy atom. The van der Waals surface area contributed by atoms with E-state index in [4.69, 9.17) is 4.74 Å². The van der Waals surface area contributed by atoms with Gasteiger partial charge in [-0.1, -0.05) is 12.1 Å². The van der Waals surface area contributed by atoms with Gasteiger partial charge in [0.05, 0.1) is 29.7 Å². The van der Waals surface area contributed by atoms with Crippen molar-refractivity contribution in [3.63, 3.8) is 0 Å². The van der Waals surface area contributed by atoms with Crippen LogP contribution in [0.5, 0.6) is 5.75 Å². The molecule has 24 heavy (non-hydrogen) atoms. The van der Waals surface area contributed by atoms with E-state index < -0.39 is 0 Å². The fraction of sp³-hybridized carbons (Fsp3) is 0.389. The number of hydrogen-bond donors (Lipinski definition) is 0. The second-order valence-electron chi connectivity index (χ2n) is 5.87. The molecule has 0 unspecified atom stereocenters. The van der Waals surface area contributed by atoms with Crippen LogP contribution >= 0.6 is 0 Å². The summed E-state index contributed by atoms with van der Waals surface area (Å²) in [5, 5.41) is 0. The number of benzene rings is 1. The van der Waals surface area contributed by atoms with Gasteiger partial charge >= 0.3 is 0 Å². The number of rotatable bonds is 3. The zero-order chi connectivity index (χ0) is 17.1. The van der Waals surface area contributed by atoms with E-state index in [0.717, 1.165) is 35.9 Å². The summed E-state index contributed by atoms with van der Waals surface area (Å²) in [4.78, 5) is 25.3. The highest BCUT2D eigenvalue weighted by molar-refractivity contribution is 5.96. The number of amides is 1. The minimum absolute atomic E-state index is 0.0188. The standard InChI is InChI=1S/C18H22N4O2/c1-13-17(14(2)20-12-19-13)18(23)22-10-8-21(9-11-22)15-6-4-5-7-16(15)24-3/h4-7,12H,8-11H2,1-3H3. The molecule has 1 aromatic carbocycles. The quantitative estimate of drug-likeness (QED) is 0.864. The first kappa shape index (κ1) is 16.2. The number of carbonyl (C=O) groups excluding carboxylic acids is 1. The summed E-state index contributed by atoms with van der Waals surface area (Å²) in [5.74, 6) is 0.880. The van der Waals surface area contributed by atoms with Gasteiger partial charge < -0.3 is 14.5 Å². The molecule has 0 spiro atoms. The SMILES string of the molecule is COc1ccccc1N1CCN(C(=O)c2c(C)ncnc2C)CC1. The summed E-state index contributed by atoms with van der Waals surface area (Å²) in [5.41, 5.74) is 3.17. The van der Waals surface area contributed by atoms with Gasteiger partial charge in [-0.05, 0) is 26.0 Å². The molecule has 2 aromatic rings. The first-order chi connectivity index (χ1) is 11.6. The first-order valence-corrected chi connectivity index (χ1v) is 8.07. The molecule has 0 N–H and O–H groups in total. The Balaban J connectivity index is 1.72. The maximum absolute atomic E-state index is 12.8. The van der Waals surface area contributed by atoms with Gasteiger partial charge in [-0.25, -0.2) is 9.97 Å². The van der Waals surface area contributed by atoms with Crippen LogP contribution in [0.1, 0.15) is 21.7 Å². The van der Waals surface area contributed by atoms with Crippen molar-refractivity contribution in [3.8, 4) is 5.75 Å². The zero-order valence-electron chi connectivity index (χ0n) is 14.3. The number of methoxy groups -OCH3 is 1. The third kappa shape index (κ3) is 3.04. The van der Waals surface area contributed by atoms with Gasteiger partial charge in [0.15, 0.2) is 0 Å². The van der Waals surface area contributed by atoms with Crippen molar-refractivity contribution in [3.05, 3.63) is 47.5 Å². The van der Waals surface area contributed by atoms with Crippen molar-refractivity contribution in [1.82, 2.24) is 14.9 Å². The highest BCUT2D eigenvalue weighted by Crippen LogP contribution is 2.28. The Labute approximate surface area is 142 Å². The number of hydrogen-bond acceptors (Lipinski definition) is 5. The predicted octanol–water partition coefficient (Wildman–Crippen LogP) is 2.06. The maximum Gasteiger partial charge on any atom is 0.257 e. The van der Waals surface area contributed by atoms with Crippen LogP contribution in [-0.4, -0.2) is 54.1 Å². The van der Waals surface area contributed by atoms with Crippen LogP contribution in [0, 0.1) is 13.8 Å².